The molecule has 0 aromatic heterocycles. The molecular formula is C27H43N7. The molecule has 0 spiro atoms. The van der Waals surface area contributed by atoms with Crippen LogP contribution >= 0.6 is 0 Å². The Balaban J connectivity index is 1.23. The van der Waals surface area contributed by atoms with Crippen LogP contribution in [0.1, 0.15) is 57.4 Å². The minimum Gasteiger partial charge on any atom is -0.367 e. The quantitative estimate of drug-likeness (QED) is 0.462. The topological polar surface area (TPSA) is 58.2 Å². The number of likely N-dealkylation sites (N-methyl/N-ethyl adjacent to an activating group) is 1. The van der Waals surface area contributed by atoms with Crippen molar-refractivity contribution in [3.8, 4) is 0 Å². The monoisotopic (exact) mass is 465 g/mol. The molecule has 2 bridgehead atoms. The molecular weight excluding hydrogens is 422 g/mol. The fraction of sp³-hybridized carbons (Fsp3) is 0.667. The molecule has 1 aliphatic carbocycles. The molecule has 3 unspecified atom stereocenters. The van der Waals surface area contributed by atoms with Crippen molar-refractivity contribution < 1.29 is 0 Å². The molecule has 0 radical (unpaired) electrons. The standard InChI is InChI=1S/C27H43N7/c1-4-5-14-28-27-30-17-25(33(3)21-8-6-7-9-21)26(31-27)29-16-20-10-12-22(13-11-20)34-19-23-15-24(34)18-32(23)2/h10-13,17,21,23-24,27-29,31H,4-9,14-16,18-19H2,1-3H3. The Kier molecular flexibility index (Phi) is 7.30. The molecule has 1 aromatic carbocycles. The highest BCUT2D eigenvalue weighted by atomic mass is 15.3. The zero-order valence-electron chi connectivity index (χ0n) is 21.3. The number of likely N-dealkylation sites (tertiary alicyclic amines) is 1. The number of nitrogens with one attached hydrogen (secondary N) is 3. The van der Waals surface area contributed by atoms with E-state index in [1.54, 1.807) is 0 Å². The van der Waals surface area contributed by atoms with Gasteiger partial charge in [0.25, 0.3) is 0 Å². The Labute approximate surface area is 205 Å². The van der Waals surface area contributed by atoms with Crippen LogP contribution in [0.3, 0.4) is 0 Å². The normalized spacial score (nSPS) is 27.0. The van der Waals surface area contributed by atoms with Gasteiger partial charge in [-0.3, -0.25) is 15.2 Å². The molecule has 1 aromatic rings. The maximum atomic E-state index is 4.76. The van der Waals surface area contributed by atoms with E-state index in [2.05, 4.69) is 82.1 Å². The summed E-state index contributed by atoms with van der Waals surface area (Å²) < 4.78 is 0. The van der Waals surface area contributed by atoms with Crippen molar-refractivity contribution in [2.45, 2.75) is 82.8 Å². The molecule has 4 aliphatic rings. The molecule has 0 amide bonds. The van der Waals surface area contributed by atoms with Crippen molar-refractivity contribution in [3.63, 3.8) is 0 Å². The third-order valence-corrected chi connectivity index (χ3v) is 8.26. The maximum absolute atomic E-state index is 4.76. The predicted molar refractivity (Wildman–Crippen MR) is 141 cm³/mol. The number of anilines is 1. The number of hydrogen-bond donors (Lipinski definition) is 3. The first-order valence-electron chi connectivity index (χ1n) is 13.4. The van der Waals surface area contributed by atoms with Gasteiger partial charge in [0.05, 0.1) is 11.9 Å². The fourth-order valence-corrected chi connectivity index (χ4v) is 6.05. The predicted octanol–water partition coefficient (Wildman–Crippen LogP) is 3.06. The first-order chi connectivity index (χ1) is 16.6. The number of benzene rings is 1. The van der Waals surface area contributed by atoms with E-state index >= 15 is 0 Å². The molecule has 3 fully saturated rings. The molecule has 7 nitrogen and oxygen atoms in total. The van der Waals surface area contributed by atoms with Gasteiger partial charge in [-0.25, -0.2) is 0 Å². The number of piperazine rings is 1. The van der Waals surface area contributed by atoms with Gasteiger partial charge in [0.2, 0.25) is 0 Å². The summed E-state index contributed by atoms with van der Waals surface area (Å²) in [5.41, 5.74) is 3.85. The third-order valence-electron chi connectivity index (χ3n) is 8.26. The molecule has 1 saturated carbocycles. The molecule has 186 valence electrons. The minimum absolute atomic E-state index is 0.0686. The van der Waals surface area contributed by atoms with E-state index in [0.29, 0.717) is 12.1 Å². The summed E-state index contributed by atoms with van der Waals surface area (Å²) in [5.74, 6) is 1.09. The second-order valence-electron chi connectivity index (χ2n) is 10.6. The largest absolute Gasteiger partial charge is 0.367 e. The Bertz CT molecular complexity index is 871. The average Bonchev–Trinajstić information content (AvgIpc) is 3.61. The molecule has 3 atom stereocenters. The second kappa shape index (κ2) is 10.6. The summed E-state index contributed by atoms with van der Waals surface area (Å²) in [7, 11) is 4.49. The Morgan fingerprint density at radius 3 is 2.59 bits per heavy atom. The number of aliphatic imine (C=N–C) groups is 1. The van der Waals surface area contributed by atoms with E-state index in [1.165, 1.54) is 62.0 Å². The summed E-state index contributed by atoms with van der Waals surface area (Å²) in [5, 5.41) is 10.9. The van der Waals surface area contributed by atoms with Crippen LogP contribution in [-0.4, -0.2) is 74.2 Å². The summed E-state index contributed by atoms with van der Waals surface area (Å²) in [6.45, 7) is 6.36. The number of hydrogen-bond acceptors (Lipinski definition) is 7. The maximum Gasteiger partial charge on any atom is 0.174 e. The summed E-state index contributed by atoms with van der Waals surface area (Å²) in [4.78, 5) is 12.3. The van der Waals surface area contributed by atoms with Crippen LogP contribution in [0, 0.1) is 0 Å². The molecule has 3 aliphatic heterocycles. The lowest BCUT2D eigenvalue weighted by molar-refractivity contribution is 0.292. The summed E-state index contributed by atoms with van der Waals surface area (Å²) in [6.07, 6.45) is 10.9. The Morgan fingerprint density at radius 2 is 1.91 bits per heavy atom. The van der Waals surface area contributed by atoms with E-state index in [1.807, 2.05) is 0 Å². The zero-order chi connectivity index (χ0) is 23.5. The lowest BCUT2D eigenvalue weighted by Crippen LogP contribution is -2.48. The fourth-order valence-electron chi connectivity index (χ4n) is 6.05. The minimum atomic E-state index is -0.0686. The van der Waals surface area contributed by atoms with Gasteiger partial charge in [0, 0.05) is 50.5 Å². The number of nitrogens with zero attached hydrogens (tertiary/aromatic N) is 4. The van der Waals surface area contributed by atoms with Gasteiger partial charge in [-0.1, -0.05) is 38.3 Å². The molecule has 2 saturated heterocycles. The van der Waals surface area contributed by atoms with E-state index in [0.717, 1.165) is 37.9 Å². The summed E-state index contributed by atoms with van der Waals surface area (Å²) >= 11 is 0. The third kappa shape index (κ3) is 5.05. The number of allylic oxidation sites excluding steroid dienone is 1. The van der Waals surface area contributed by atoms with Crippen molar-refractivity contribution in [1.82, 2.24) is 25.8 Å². The summed E-state index contributed by atoms with van der Waals surface area (Å²) in [6, 6.07) is 11.2. The molecule has 3 heterocycles. The van der Waals surface area contributed by atoms with Crippen molar-refractivity contribution >= 4 is 11.9 Å². The lowest BCUT2D eigenvalue weighted by atomic mass is 10.1. The molecule has 5 rings (SSSR count). The van der Waals surface area contributed by atoms with Gasteiger partial charge in [-0.2, -0.15) is 0 Å². The van der Waals surface area contributed by atoms with Gasteiger partial charge in [0.15, 0.2) is 6.29 Å². The molecule has 34 heavy (non-hydrogen) atoms. The number of rotatable bonds is 10. The van der Waals surface area contributed by atoms with E-state index < -0.39 is 0 Å². The van der Waals surface area contributed by atoms with Gasteiger partial charge in [0.1, 0.15) is 5.82 Å². The van der Waals surface area contributed by atoms with Crippen LogP contribution in [0.25, 0.3) is 0 Å². The van der Waals surface area contributed by atoms with Gasteiger partial charge in [-0.15, -0.1) is 0 Å². The first-order valence-corrected chi connectivity index (χ1v) is 13.4. The van der Waals surface area contributed by atoms with Crippen molar-refractivity contribution in [2.24, 2.45) is 4.99 Å². The number of fused-ring (bicyclic) bond motifs is 2. The lowest BCUT2D eigenvalue weighted by Gasteiger charge is -2.34. The van der Waals surface area contributed by atoms with Crippen LogP contribution in [0.2, 0.25) is 0 Å². The highest BCUT2D eigenvalue weighted by Crippen LogP contribution is 2.33. The van der Waals surface area contributed by atoms with E-state index in [9.17, 15) is 0 Å². The van der Waals surface area contributed by atoms with Crippen LogP contribution in [-0.2, 0) is 6.54 Å². The van der Waals surface area contributed by atoms with Crippen molar-refractivity contribution in [3.05, 3.63) is 41.3 Å². The van der Waals surface area contributed by atoms with Crippen LogP contribution in [0.5, 0.6) is 0 Å². The molecule has 7 heteroatoms. The average molecular weight is 466 g/mol. The highest BCUT2D eigenvalue weighted by molar-refractivity contribution is 5.79. The van der Waals surface area contributed by atoms with Crippen LogP contribution in [0.4, 0.5) is 5.69 Å². The zero-order valence-corrected chi connectivity index (χ0v) is 21.3. The Hall–Kier alpha value is -2.25. The van der Waals surface area contributed by atoms with Gasteiger partial charge >= 0.3 is 0 Å². The SMILES string of the molecule is CCCCNC1N=CC(N(C)C2CCCC2)=C(NCc2ccc(N3CC4CC3CN4C)cc2)N1. The van der Waals surface area contributed by atoms with Crippen LogP contribution in [0.15, 0.2) is 40.8 Å². The first kappa shape index (κ1) is 23.5. The van der Waals surface area contributed by atoms with E-state index in [-0.39, 0.29) is 6.29 Å². The second-order valence-corrected chi connectivity index (χ2v) is 10.6. The Morgan fingerprint density at radius 1 is 1.12 bits per heavy atom. The smallest absolute Gasteiger partial charge is 0.174 e. The van der Waals surface area contributed by atoms with E-state index in [4.69, 9.17) is 4.99 Å². The highest BCUT2D eigenvalue weighted by Gasteiger charge is 2.41. The van der Waals surface area contributed by atoms with Gasteiger partial charge in [-0.05, 0) is 57.0 Å². The molecule has 3 N–H and O–H groups in total. The van der Waals surface area contributed by atoms with Crippen molar-refractivity contribution in [2.75, 3.05) is 38.6 Å². The van der Waals surface area contributed by atoms with Gasteiger partial charge < -0.3 is 20.4 Å². The number of unbranched alkanes of at least 4 members (excludes halogenated alkanes) is 1. The van der Waals surface area contributed by atoms with Crippen molar-refractivity contribution in [1.29, 1.82) is 0 Å². The van der Waals surface area contributed by atoms with Crippen LogP contribution < -0.4 is 20.9 Å².